The van der Waals surface area contributed by atoms with Crippen molar-refractivity contribution in [2.75, 3.05) is 18.2 Å². The number of anilines is 2. The highest BCUT2D eigenvalue weighted by atomic mass is 19.1. The lowest BCUT2D eigenvalue weighted by atomic mass is 10.1. The third-order valence-electron chi connectivity index (χ3n) is 3.03. The molecule has 1 unspecified atom stereocenters. The number of benzene rings is 2. The van der Waals surface area contributed by atoms with E-state index >= 15 is 0 Å². The van der Waals surface area contributed by atoms with Crippen LogP contribution in [0.4, 0.5) is 15.8 Å². The van der Waals surface area contributed by atoms with Gasteiger partial charge in [-0.15, -0.1) is 0 Å². The van der Waals surface area contributed by atoms with Crippen molar-refractivity contribution < 1.29 is 9.13 Å². The molecule has 2 rings (SSSR count). The summed E-state index contributed by atoms with van der Waals surface area (Å²) in [4.78, 5) is 0. The summed E-state index contributed by atoms with van der Waals surface area (Å²) >= 11 is 0. The number of methoxy groups -OCH3 is 1. The Morgan fingerprint density at radius 2 is 1.84 bits per heavy atom. The van der Waals surface area contributed by atoms with E-state index in [1.807, 2.05) is 25.1 Å². The van der Waals surface area contributed by atoms with Crippen LogP contribution in [0, 0.1) is 5.82 Å². The monoisotopic (exact) mass is 260 g/mol. The van der Waals surface area contributed by atoms with Gasteiger partial charge in [0.25, 0.3) is 0 Å². The number of nitrogen functional groups attached to an aromatic ring is 1. The third kappa shape index (κ3) is 2.96. The molecule has 4 heteroatoms. The Balaban J connectivity index is 2.19. The zero-order chi connectivity index (χ0) is 13.8. The standard InChI is InChI=1S/C15H17FN2O/c1-10(11-6-8-12(16)9-7-11)18-13-4-3-5-14(19-2)15(13)17/h3-10,18H,17H2,1-2H3. The van der Waals surface area contributed by atoms with E-state index < -0.39 is 0 Å². The smallest absolute Gasteiger partial charge is 0.143 e. The van der Waals surface area contributed by atoms with Gasteiger partial charge in [0.1, 0.15) is 11.6 Å². The van der Waals surface area contributed by atoms with Crippen LogP contribution in [0.5, 0.6) is 5.75 Å². The molecule has 0 bridgehead atoms. The molecule has 100 valence electrons. The summed E-state index contributed by atoms with van der Waals surface area (Å²) < 4.78 is 18.1. The van der Waals surface area contributed by atoms with Crippen molar-refractivity contribution >= 4 is 11.4 Å². The minimum absolute atomic E-state index is 0.0232. The molecule has 0 aromatic heterocycles. The van der Waals surface area contributed by atoms with Gasteiger partial charge >= 0.3 is 0 Å². The number of para-hydroxylation sites is 1. The number of hydrogen-bond acceptors (Lipinski definition) is 3. The maximum atomic E-state index is 12.9. The van der Waals surface area contributed by atoms with Crippen LogP contribution < -0.4 is 15.8 Å². The zero-order valence-corrected chi connectivity index (χ0v) is 11.0. The molecule has 19 heavy (non-hydrogen) atoms. The minimum atomic E-state index is -0.239. The lowest BCUT2D eigenvalue weighted by molar-refractivity contribution is 0.417. The first-order valence-corrected chi connectivity index (χ1v) is 6.06. The molecular weight excluding hydrogens is 243 g/mol. The van der Waals surface area contributed by atoms with Crippen LogP contribution in [0.1, 0.15) is 18.5 Å². The second-order valence-electron chi connectivity index (χ2n) is 4.34. The Hall–Kier alpha value is -2.23. The summed E-state index contributed by atoms with van der Waals surface area (Å²) in [5.41, 5.74) is 8.36. The van der Waals surface area contributed by atoms with E-state index in [0.717, 1.165) is 11.3 Å². The molecule has 0 fully saturated rings. The van der Waals surface area contributed by atoms with Gasteiger partial charge in [0, 0.05) is 6.04 Å². The van der Waals surface area contributed by atoms with Crippen molar-refractivity contribution in [1.29, 1.82) is 0 Å². The molecule has 0 aliphatic rings. The average Bonchev–Trinajstić information content (AvgIpc) is 2.42. The molecule has 2 aromatic rings. The van der Waals surface area contributed by atoms with E-state index in [-0.39, 0.29) is 11.9 Å². The van der Waals surface area contributed by atoms with Gasteiger partial charge in [0.05, 0.1) is 18.5 Å². The third-order valence-corrected chi connectivity index (χ3v) is 3.03. The number of rotatable bonds is 4. The van der Waals surface area contributed by atoms with Crippen LogP contribution in [0.15, 0.2) is 42.5 Å². The van der Waals surface area contributed by atoms with Crippen LogP contribution in [-0.4, -0.2) is 7.11 Å². The van der Waals surface area contributed by atoms with E-state index in [1.54, 1.807) is 19.2 Å². The molecule has 3 nitrogen and oxygen atoms in total. The molecule has 0 spiro atoms. The van der Waals surface area contributed by atoms with E-state index in [1.165, 1.54) is 12.1 Å². The van der Waals surface area contributed by atoms with Crippen LogP contribution in [0.2, 0.25) is 0 Å². The van der Waals surface area contributed by atoms with Crippen LogP contribution in [0.25, 0.3) is 0 Å². The van der Waals surface area contributed by atoms with Crippen LogP contribution >= 0.6 is 0 Å². The minimum Gasteiger partial charge on any atom is -0.495 e. The van der Waals surface area contributed by atoms with Gasteiger partial charge in [-0.05, 0) is 36.8 Å². The molecule has 1 atom stereocenters. The fourth-order valence-corrected chi connectivity index (χ4v) is 1.92. The Labute approximate surface area is 112 Å². The van der Waals surface area contributed by atoms with E-state index in [0.29, 0.717) is 11.4 Å². The average molecular weight is 260 g/mol. The second kappa shape index (κ2) is 5.61. The molecule has 0 aliphatic heterocycles. The summed E-state index contributed by atoms with van der Waals surface area (Å²) in [6.07, 6.45) is 0. The fraction of sp³-hybridized carbons (Fsp3) is 0.200. The Bertz CT molecular complexity index is 555. The number of nitrogens with one attached hydrogen (secondary N) is 1. The zero-order valence-electron chi connectivity index (χ0n) is 11.0. The first-order chi connectivity index (χ1) is 9.11. The van der Waals surface area contributed by atoms with Crippen LogP contribution in [0.3, 0.4) is 0 Å². The lowest BCUT2D eigenvalue weighted by Crippen LogP contribution is -2.09. The maximum Gasteiger partial charge on any atom is 0.143 e. The molecule has 3 N–H and O–H groups in total. The molecule has 0 heterocycles. The van der Waals surface area contributed by atoms with Crippen molar-refractivity contribution in [2.45, 2.75) is 13.0 Å². The van der Waals surface area contributed by atoms with Gasteiger partial charge in [-0.2, -0.15) is 0 Å². The first-order valence-electron chi connectivity index (χ1n) is 6.06. The molecule has 0 saturated carbocycles. The molecule has 0 saturated heterocycles. The summed E-state index contributed by atoms with van der Waals surface area (Å²) in [5.74, 6) is 0.396. The quantitative estimate of drug-likeness (QED) is 0.826. The highest BCUT2D eigenvalue weighted by molar-refractivity contribution is 5.73. The molecule has 2 aromatic carbocycles. The number of hydrogen-bond donors (Lipinski definition) is 2. The largest absolute Gasteiger partial charge is 0.495 e. The Kier molecular flexibility index (Phi) is 3.90. The van der Waals surface area contributed by atoms with E-state index in [2.05, 4.69) is 5.32 Å². The molecule has 0 amide bonds. The molecular formula is C15H17FN2O. The fourth-order valence-electron chi connectivity index (χ4n) is 1.92. The highest BCUT2D eigenvalue weighted by Gasteiger charge is 2.09. The summed E-state index contributed by atoms with van der Waals surface area (Å²) in [7, 11) is 1.58. The van der Waals surface area contributed by atoms with Gasteiger partial charge in [-0.3, -0.25) is 0 Å². The topological polar surface area (TPSA) is 47.3 Å². The Morgan fingerprint density at radius 3 is 2.47 bits per heavy atom. The number of ether oxygens (including phenoxy) is 1. The highest BCUT2D eigenvalue weighted by Crippen LogP contribution is 2.31. The number of nitrogens with two attached hydrogens (primary N) is 1. The lowest BCUT2D eigenvalue weighted by Gasteiger charge is -2.18. The normalized spacial score (nSPS) is 11.9. The van der Waals surface area contributed by atoms with Crippen molar-refractivity contribution in [3.05, 3.63) is 53.8 Å². The summed E-state index contributed by atoms with van der Waals surface area (Å²) in [6, 6.07) is 12.0. The number of halogens is 1. The Morgan fingerprint density at radius 1 is 1.16 bits per heavy atom. The first kappa shape index (κ1) is 13.2. The molecule has 0 radical (unpaired) electrons. The van der Waals surface area contributed by atoms with Crippen LogP contribution in [-0.2, 0) is 0 Å². The van der Waals surface area contributed by atoms with Gasteiger partial charge in [-0.1, -0.05) is 18.2 Å². The summed E-state index contributed by atoms with van der Waals surface area (Å²) in [5, 5.41) is 3.29. The van der Waals surface area contributed by atoms with Gasteiger partial charge in [0.2, 0.25) is 0 Å². The van der Waals surface area contributed by atoms with Crippen molar-refractivity contribution in [2.24, 2.45) is 0 Å². The summed E-state index contributed by atoms with van der Waals surface area (Å²) in [6.45, 7) is 1.99. The second-order valence-corrected chi connectivity index (χ2v) is 4.34. The van der Waals surface area contributed by atoms with Crippen molar-refractivity contribution in [1.82, 2.24) is 0 Å². The van der Waals surface area contributed by atoms with Crippen molar-refractivity contribution in [3.63, 3.8) is 0 Å². The predicted molar refractivity (Wildman–Crippen MR) is 75.8 cm³/mol. The maximum absolute atomic E-state index is 12.9. The van der Waals surface area contributed by atoms with Gasteiger partial charge < -0.3 is 15.8 Å². The molecule has 0 aliphatic carbocycles. The van der Waals surface area contributed by atoms with Crippen molar-refractivity contribution in [3.8, 4) is 5.75 Å². The van der Waals surface area contributed by atoms with E-state index in [9.17, 15) is 4.39 Å². The van der Waals surface area contributed by atoms with E-state index in [4.69, 9.17) is 10.5 Å². The predicted octanol–water partition coefficient (Wildman–Crippen LogP) is 3.59. The SMILES string of the molecule is COc1cccc(NC(C)c2ccc(F)cc2)c1N. The van der Waals surface area contributed by atoms with Gasteiger partial charge in [0.15, 0.2) is 0 Å². The van der Waals surface area contributed by atoms with Gasteiger partial charge in [-0.25, -0.2) is 4.39 Å².